The molecular weight excluding hydrogens is 218 g/mol. The number of aliphatic hydroxyl groups excluding tert-OH is 1. The van der Waals surface area contributed by atoms with E-state index in [2.05, 4.69) is 0 Å². The molecule has 16 heavy (non-hydrogen) atoms. The van der Waals surface area contributed by atoms with Crippen molar-refractivity contribution in [2.45, 2.75) is 19.5 Å². The summed E-state index contributed by atoms with van der Waals surface area (Å²) >= 11 is 0. The van der Waals surface area contributed by atoms with Gasteiger partial charge in [-0.3, -0.25) is 4.79 Å². The van der Waals surface area contributed by atoms with Gasteiger partial charge in [-0.25, -0.2) is 8.78 Å². The van der Waals surface area contributed by atoms with Gasteiger partial charge in [0.2, 0.25) is 0 Å². The van der Waals surface area contributed by atoms with Crippen molar-refractivity contribution in [1.29, 1.82) is 0 Å². The highest BCUT2D eigenvalue weighted by Crippen LogP contribution is 2.26. The van der Waals surface area contributed by atoms with Crippen LogP contribution in [0.2, 0.25) is 0 Å². The van der Waals surface area contributed by atoms with E-state index in [1.54, 1.807) is 0 Å². The Bertz CT molecular complexity index is 379. The number of alkyl halides is 2. The van der Waals surface area contributed by atoms with Gasteiger partial charge in [-0.1, -0.05) is 18.2 Å². The van der Waals surface area contributed by atoms with Crippen molar-refractivity contribution in [3.8, 4) is 0 Å². The predicted octanol–water partition coefficient (Wildman–Crippen LogP) is 2.38. The molecule has 2 unspecified atom stereocenters. The molecule has 1 aromatic carbocycles. The highest BCUT2D eigenvalue weighted by molar-refractivity contribution is 5.70. The minimum Gasteiger partial charge on any atom is -0.481 e. The van der Waals surface area contributed by atoms with E-state index < -0.39 is 24.4 Å². The minimum absolute atomic E-state index is 0.188. The van der Waals surface area contributed by atoms with Crippen molar-refractivity contribution in [1.82, 2.24) is 0 Å². The third-order valence-corrected chi connectivity index (χ3v) is 2.37. The molecule has 0 amide bonds. The summed E-state index contributed by atoms with van der Waals surface area (Å²) in [6.45, 7) is 1.32. The largest absolute Gasteiger partial charge is 0.481 e. The molecule has 0 bridgehead atoms. The van der Waals surface area contributed by atoms with Crippen molar-refractivity contribution in [3.05, 3.63) is 35.4 Å². The summed E-state index contributed by atoms with van der Waals surface area (Å²) in [4.78, 5) is 10.6. The zero-order chi connectivity index (χ0) is 12.3. The fourth-order valence-electron chi connectivity index (χ4n) is 1.30. The second-order valence-electron chi connectivity index (χ2n) is 3.54. The van der Waals surface area contributed by atoms with Gasteiger partial charge in [0.1, 0.15) is 0 Å². The first-order valence-electron chi connectivity index (χ1n) is 4.72. The molecule has 5 heteroatoms. The lowest BCUT2D eigenvalue weighted by Crippen LogP contribution is -2.18. The van der Waals surface area contributed by atoms with Crippen LogP contribution < -0.4 is 0 Å². The molecular formula is C11H12F2O3. The van der Waals surface area contributed by atoms with Crippen LogP contribution >= 0.6 is 0 Å². The third-order valence-electron chi connectivity index (χ3n) is 2.37. The summed E-state index contributed by atoms with van der Waals surface area (Å²) in [6.07, 6.45) is -3.91. The van der Waals surface area contributed by atoms with Gasteiger partial charge in [0.25, 0.3) is 6.43 Å². The Kier molecular flexibility index (Phi) is 3.95. The van der Waals surface area contributed by atoms with E-state index in [1.165, 1.54) is 25.1 Å². The lowest BCUT2D eigenvalue weighted by molar-refractivity contribution is -0.145. The summed E-state index contributed by atoms with van der Waals surface area (Å²) in [6, 6.07) is 5.14. The van der Waals surface area contributed by atoms with Crippen LogP contribution in [0.1, 0.15) is 30.6 Å². The zero-order valence-electron chi connectivity index (χ0n) is 8.60. The molecule has 0 aromatic heterocycles. The maximum absolute atomic E-state index is 12.4. The number of carboxylic acid groups (broad SMARTS) is 1. The Morgan fingerprint density at radius 2 is 1.88 bits per heavy atom. The van der Waals surface area contributed by atoms with E-state index in [-0.39, 0.29) is 11.1 Å². The van der Waals surface area contributed by atoms with Crippen LogP contribution in [0.25, 0.3) is 0 Å². The maximum atomic E-state index is 12.4. The van der Waals surface area contributed by atoms with Gasteiger partial charge in [0.15, 0.2) is 0 Å². The topological polar surface area (TPSA) is 57.5 Å². The number of carboxylic acids is 1. The van der Waals surface area contributed by atoms with Gasteiger partial charge in [0.05, 0.1) is 12.0 Å². The first-order valence-corrected chi connectivity index (χ1v) is 4.72. The van der Waals surface area contributed by atoms with Crippen LogP contribution in [0.5, 0.6) is 0 Å². The van der Waals surface area contributed by atoms with E-state index in [0.717, 1.165) is 6.07 Å². The number of rotatable bonds is 4. The average Bonchev–Trinajstić information content (AvgIpc) is 2.27. The summed E-state index contributed by atoms with van der Waals surface area (Å²) in [7, 11) is 0. The van der Waals surface area contributed by atoms with Crippen LogP contribution in [0.15, 0.2) is 24.3 Å². The van der Waals surface area contributed by atoms with Crippen molar-refractivity contribution in [2.75, 3.05) is 0 Å². The summed E-state index contributed by atoms with van der Waals surface area (Å²) in [5.74, 6) is -2.21. The molecule has 1 rings (SSSR count). The van der Waals surface area contributed by atoms with E-state index in [4.69, 9.17) is 5.11 Å². The lowest BCUT2D eigenvalue weighted by atomic mass is 9.96. The highest BCUT2D eigenvalue weighted by Gasteiger charge is 2.23. The van der Waals surface area contributed by atoms with E-state index in [1.807, 2.05) is 0 Å². The van der Waals surface area contributed by atoms with Gasteiger partial charge in [-0.05, 0) is 18.6 Å². The fraction of sp³-hybridized carbons (Fsp3) is 0.364. The number of benzene rings is 1. The molecule has 0 aliphatic heterocycles. The monoisotopic (exact) mass is 230 g/mol. The van der Waals surface area contributed by atoms with Gasteiger partial charge in [0, 0.05) is 5.56 Å². The summed E-state index contributed by atoms with van der Waals surface area (Å²) in [5, 5.41) is 18.3. The molecule has 2 N–H and O–H groups in total. The lowest BCUT2D eigenvalue weighted by Gasteiger charge is -2.15. The van der Waals surface area contributed by atoms with Crippen LogP contribution in [0.3, 0.4) is 0 Å². The second-order valence-corrected chi connectivity index (χ2v) is 3.54. The Morgan fingerprint density at radius 1 is 1.31 bits per heavy atom. The van der Waals surface area contributed by atoms with Crippen molar-refractivity contribution >= 4 is 5.97 Å². The van der Waals surface area contributed by atoms with Crippen LogP contribution in [0.4, 0.5) is 8.78 Å². The van der Waals surface area contributed by atoms with Gasteiger partial charge >= 0.3 is 5.97 Å². The fourth-order valence-corrected chi connectivity index (χ4v) is 1.30. The minimum atomic E-state index is -2.63. The molecule has 0 saturated heterocycles. The number of carbonyl (C=O) groups is 1. The number of hydrogen-bond acceptors (Lipinski definition) is 2. The first kappa shape index (κ1) is 12.6. The molecule has 2 atom stereocenters. The first-order chi connectivity index (χ1) is 7.43. The molecule has 88 valence electrons. The summed E-state index contributed by atoms with van der Waals surface area (Å²) < 4.78 is 24.7. The van der Waals surface area contributed by atoms with E-state index >= 15 is 0 Å². The molecule has 0 radical (unpaired) electrons. The molecule has 0 aliphatic rings. The normalized spacial score (nSPS) is 14.8. The third kappa shape index (κ3) is 2.76. The smallest absolute Gasteiger partial charge is 0.309 e. The average molecular weight is 230 g/mol. The van der Waals surface area contributed by atoms with Crippen LogP contribution in [0, 0.1) is 5.92 Å². The highest BCUT2D eigenvalue weighted by atomic mass is 19.3. The van der Waals surface area contributed by atoms with E-state index in [9.17, 15) is 18.7 Å². The quantitative estimate of drug-likeness (QED) is 0.834. The summed E-state index contributed by atoms with van der Waals surface area (Å²) in [5.41, 5.74) is -0.0400. The van der Waals surface area contributed by atoms with Gasteiger partial charge in [-0.15, -0.1) is 0 Å². The van der Waals surface area contributed by atoms with Crippen molar-refractivity contribution in [2.24, 2.45) is 5.92 Å². The Balaban J connectivity index is 2.95. The van der Waals surface area contributed by atoms with Gasteiger partial charge in [-0.2, -0.15) is 0 Å². The second kappa shape index (κ2) is 5.03. The molecule has 0 aliphatic carbocycles. The number of aliphatic hydroxyl groups is 1. The van der Waals surface area contributed by atoms with Gasteiger partial charge < -0.3 is 10.2 Å². The molecule has 3 nitrogen and oxygen atoms in total. The molecule has 0 spiro atoms. The Labute approximate surface area is 91.3 Å². The molecule has 0 saturated carbocycles. The standard InChI is InChI=1S/C11H12F2O3/c1-6(11(15)16)9(14)7-3-2-4-8(5-7)10(12)13/h2-6,9-10,14H,1H3,(H,15,16). The molecule has 0 fully saturated rings. The van der Waals surface area contributed by atoms with Crippen molar-refractivity contribution < 1.29 is 23.8 Å². The SMILES string of the molecule is CC(C(=O)O)C(O)c1cccc(C(F)F)c1. The number of halogens is 2. The Hall–Kier alpha value is -1.49. The number of hydrogen-bond donors (Lipinski definition) is 2. The molecule has 1 aromatic rings. The Morgan fingerprint density at radius 3 is 2.38 bits per heavy atom. The van der Waals surface area contributed by atoms with Crippen molar-refractivity contribution in [3.63, 3.8) is 0 Å². The van der Waals surface area contributed by atoms with Crippen LogP contribution in [-0.2, 0) is 4.79 Å². The predicted molar refractivity (Wildman–Crippen MR) is 53.2 cm³/mol. The zero-order valence-corrected chi connectivity index (χ0v) is 8.60. The molecule has 0 heterocycles. The van der Waals surface area contributed by atoms with Crippen LogP contribution in [-0.4, -0.2) is 16.2 Å². The maximum Gasteiger partial charge on any atom is 0.309 e. The number of aliphatic carboxylic acids is 1. The van der Waals surface area contributed by atoms with E-state index in [0.29, 0.717) is 0 Å².